The number of hydrogen-bond donors (Lipinski definition) is 2. The van der Waals surface area contributed by atoms with Gasteiger partial charge in [0.25, 0.3) is 0 Å². The molecule has 0 aliphatic heterocycles. The zero-order chi connectivity index (χ0) is 7.56. The van der Waals surface area contributed by atoms with E-state index in [-0.39, 0.29) is 0 Å². The quantitative estimate of drug-likeness (QED) is 0.348. The zero-order valence-electron chi connectivity index (χ0n) is 5.59. The van der Waals surface area contributed by atoms with E-state index >= 15 is 0 Å². The summed E-state index contributed by atoms with van der Waals surface area (Å²) in [5.74, 6) is 0. The number of allylic oxidation sites excluding steroid dienone is 1. The van der Waals surface area contributed by atoms with Crippen molar-refractivity contribution < 1.29 is 0 Å². The van der Waals surface area contributed by atoms with E-state index in [0.717, 1.165) is 46.7 Å². The molecular formula is C6H10N2S2+. The number of thiocarbonyl (C=S) groups is 1. The van der Waals surface area contributed by atoms with Crippen LogP contribution in [0.3, 0.4) is 0 Å². The molecule has 4 heteroatoms. The normalized spacial score (nSPS) is 18.1. The first-order valence-corrected chi connectivity index (χ1v) is 4.43. The predicted octanol–water partition coefficient (Wildman–Crippen LogP) is 0.667. The van der Waals surface area contributed by atoms with Crippen LogP contribution in [0.5, 0.6) is 0 Å². The topological polar surface area (TPSA) is 52.0 Å². The Bertz CT molecular complexity index is 186. The summed E-state index contributed by atoms with van der Waals surface area (Å²) in [6.45, 7) is 0. The molecule has 2 nitrogen and oxygen atoms in total. The Labute approximate surface area is 70.2 Å². The molecule has 0 fully saturated rings. The third kappa shape index (κ3) is 1.51. The van der Waals surface area contributed by atoms with E-state index < -0.39 is 0 Å². The minimum Gasteiger partial charge on any atom is -0.402 e. The van der Waals surface area contributed by atoms with Crippen LogP contribution >= 0.6 is 11.9 Å². The Hall–Kier alpha value is -0.0600. The molecule has 0 heterocycles. The van der Waals surface area contributed by atoms with E-state index in [0.29, 0.717) is 0 Å². The number of rotatable bonds is 1. The van der Waals surface area contributed by atoms with Crippen LogP contribution in [0.2, 0.25) is 0 Å². The van der Waals surface area contributed by atoms with Crippen LogP contribution in [-0.2, 0) is 12.2 Å². The molecule has 1 aliphatic rings. The van der Waals surface area contributed by atoms with Gasteiger partial charge in [0.05, 0.1) is 5.57 Å². The second-order valence-electron chi connectivity index (χ2n) is 2.26. The predicted molar refractivity (Wildman–Crippen MR) is 49.2 cm³/mol. The second-order valence-corrected chi connectivity index (χ2v) is 3.57. The van der Waals surface area contributed by atoms with Gasteiger partial charge in [-0.3, -0.25) is 5.14 Å². The molecular weight excluding hydrogens is 164 g/mol. The van der Waals surface area contributed by atoms with Crippen LogP contribution in [-0.4, -0.2) is 4.20 Å². The molecule has 0 aromatic carbocycles. The largest absolute Gasteiger partial charge is 0.543 e. The summed E-state index contributed by atoms with van der Waals surface area (Å²) in [4.78, 5) is 0. The molecule has 0 saturated heterocycles. The zero-order valence-corrected chi connectivity index (χ0v) is 7.23. The number of nitrogens with two attached hydrogens (primary N) is 2. The standard InChI is InChI=1S/C6H10N2S2/c7-5-3-1-2-4(5)6(9)10-8/h1-3,7-8H2/q+1. The lowest BCUT2D eigenvalue weighted by Gasteiger charge is -1.91. The Morgan fingerprint density at radius 2 is 2.20 bits per heavy atom. The maximum absolute atomic E-state index is 5.68. The Balaban J connectivity index is 2.71. The maximum Gasteiger partial charge on any atom is 0.543 e. The maximum atomic E-state index is 5.68. The van der Waals surface area contributed by atoms with E-state index in [4.69, 9.17) is 23.1 Å². The van der Waals surface area contributed by atoms with Gasteiger partial charge in [0.1, 0.15) is 0 Å². The van der Waals surface area contributed by atoms with Crippen LogP contribution in [0.25, 0.3) is 0 Å². The lowest BCUT2D eigenvalue weighted by Crippen LogP contribution is -2.04. The van der Waals surface area contributed by atoms with Crippen molar-refractivity contribution >= 4 is 28.4 Å². The van der Waals surface area contributed by atoms with Crippen LogP contribution in [0.15, 0.2) is 11.3 Å². The average Bonchev–Trinajstić information content (AvgIpc) is 2.34. The summed E-state index contributed by atoms with van der Waals surface area (Å²) in [7, 11) is 0. The fraction of sp³-hybridized carbons (Fsp3) is 0.500. The van der Waals surface area contributed by atoms with Crippen LogP contribution in [0, 0.1) is 0 Å². The van der Waals surface area contributed by atoms with Crippen molar-refractivity contribution in [3.05, 3.63) is 11.3 Å². The van der Waals surface area contributed by atoms with Crippen LogP contribution in [0.4, 0.5) is 0 Å². The molecule has 0 aromatic rings. The van der Waals surface area contributed by atoms with Crippen LogP contribution < -0.4 is 10.9 Å². The molecule has 0 atom stereocenters. The van der Waals surface area contributed by atoms with E-state index in [9.17, 15) is 0 Å². The third-order valence-electron chi connectivity index (χ3n) is 1.61. The molecule has 1 rings (SSSR count). The molecule has 0 amide bonds. The molecule has 0 spiro atoms. The smallest absolute Gasteiger partial charge is 0.402 e. The van der Waals surface area contributed by atoms with Gasteiger partial charge in [0.15, 0.2) is 0 Å². The fourth-order valence-electron chi connectivity index (χ4n) is 1.07. The lowest BCUT2D eigenvalue weighted by molar-refractivity contribution is 0.897. The molecule has 4 N–H and O–H groups in total. The van der Waals surface area contributed by atoms with E-state index in [1.807, 2.05) is 0 Å². The first kappa shape index (κ1) is 8.04. The average molecular weight is 174 g/mol. The number of hydrogen-bond acceptors (Lipinski definition) is 4. The highest BCUT2D eigenvalue weighted by atomic mass is 32.2. The van der Waals surface area contributed by atoms with Crippen molar-refractivity contribution in [3.63, 3.8) is 0 Å². The molecule has 0 saturated carbocycles. The summed E-state index contributed by atoms with van der Waals surface area (Å²) < 4.78 is 0.759. The van der Waals surface area contributed by atoms with Crippen molar-refractivity contribution in [1.82, 2.24) is 0 Å². The van der Waals surface area contributed by atoms with E-state index in [1.54, 1.807) is 0 Å². The first-order valence-electron chi connectivity index (χ1n) is 3.14. The minimum absolute atomic E-state index is 0.759. The molecule has 1 aliphatic carbocycles. The monoisotopic (exact) mass is 174 g/mol. The summed E-state index contributed by atoms with van der Waals surface area (Å²) in [6, 6.07) is 0. The summed E-state index contributed by atoms with van der Waals surface area (Å²) >= 11 is 6.11. The molecule has 0 bridgehead atoms. The van der Waals surface area contributed by atoms with Gasteiger partial charge in [0, 0.05) is 17.6 Å². The molecule has 0 aromatic heterocycles. The van der Waals surface area contributed by atoms with Gasteiger partial charge in [-0.25, -0.2) is 0 Å². The summed E-state index contributed by atoms with van der Waals surface area (Å²) in [6.07, 6.45) is 3.12. The van der Waals surface area contributed by atoms with Gasteiger partial charge in [-0.2, -0.15) is 0 Å². The van der Waals surface area contributed by atoms with Crippen molar-refractivity contribution in [2.24, 2.45) is 10.9 Å². The van der Waals surface area contributed by atoms with E-state index in [2.05, 4.69) is 0 Å². The lowest BCUT2D eigenvalue weighted by atomic mass is 10.2. The van der Waals surface area contributed by atoms with Gasteiger partial charge >= 0.3 is 16.4 Å². The van der Waals surface area contributed by atoms with Crippen molar-refractivity contribution in [2.75, 3.05) is 0 Å². The highest BCUT2D eigenvalue weighted by Crippen LogP contribution is 2.24. The fourth-order valence-corrected chi connectivity index (χ4v) is 1.68. The van der Waals surface area contributed by atoms with Gasteiger partial charge in [0.2, 0.25) is 0 Å². The van der Waals surface area contributed by atoms with Crippen molar-refractivity contribution in [3.8, 4) is 0 Å². The second kappa shape index (κ2) is 3.37. The minimum atomic E-state index is 0.759. The third-order valence-corrected chi connectivity index (χ3v) is 2.61. The molecule has 10 heavy (non-hydrogen) atoms. The molecule has 1 radical (unpaired) electrons. The Morgan fingerprint density at radius 3 is 2.60 bits per heavy atom. The Morgan fingerprint density at radius 1 is 1.50 bits per heavy atom. The highest BCUT2D eigenvalue weighted by Gasteiger charge is 2.23. The van der Waals surface area contributed by atoms with E-state index in [1.165, 1.54) is 0 Å². The van der Waals surface area contributed by atoms with Crippen molar-refractivity contribution in [1.29, 1.82) is 0 Å². The van der Waals surface area contributed by atoms with Gasteiger partial charge < -0.3 is 5.73 Å². The molecule has 55 valence electrons. The van der Waals surface area contributed by atoms with Gasteiger partial charge in [-0.1, -0.05) is 0 Å². The first-order chi connectivity index (χ1) is 4.75. The van der Waals surface area contributed by atoms with Crippen molar-refractivity contribution in [2.45, 2.75) is 19.3 Å². The summed E-state index contributed by atoms with van der Waals surface area (Å²) in [5, 5.41) is 5.30. The van der Waals surface area contributed by atoms with Gasteiger partial charge in [-0.15, -0.1) is 0 Å². The van der Waals surface area contributed by atoms with Gasteiger partial charge in [-0.05, 0) is 19.3 Å². The summed E-state index contributed by atoms with van der Waals surface area (Å²) in [5.41, 5.74) is 7.71. The SMILES string of the molecule is NSC(=[S+])C1=C(N)CCC1. The highest BCUT2D eigenvalue weighted by molar-refractivity contribution is 8.19. The molecule has 0 unspecified atom stereocenters. The Kier molecular flexibility index (Phi) is 2.71. The van der Waals surface area contributed by atoms with Crippen LogP contribution in [0.1, 0.15) is 19.3 Å².